The molecular weight excluding hydrogens is 387 g/mol. The third-order valence-electron chi connectivity index (χ3n) is 3.75. The topological polar surface area (TPSA) is 53.9 Å². The number of hydrogen-bond donors (Lipinski definition) is 1. The quantitative estimate of drug-likeness (QED) is 0.851. The van der Waals surface area contributed by atoms with Gasteiger partial charge in [-0.15, -0.1) is 0 Å². The molecular formula is C15H15BrF3N5. The molecule has 1 aliphatic heterocycles. The standard InChI is InChI=1S/C15H15BrF3N5/c16-11-3-10(5-20-6-11)7-24-2-1-12(8-24)23-14-4-13(15(17,18)19)21-9-22-14/h3-6,9,12H,1-2,7-8H2,(H,21,22,23). The van der Waals surface area contributed by atoms with Crippen molar-refractivity contribution in [2.45, 2.75) is 25.2 Å². The molecule has 128 valence electrons. The molecule has 0 saturated carbocycles. The number of halogens is 4. The highest BCUT2D eigenvalue weighted by molar-refractivity contribution is 9.10. The summed E-state index contributed by atoms with van der Waals surface area (Å²) in [5.41, 5.74) is 0.154. The van der Waals surface area contributed by atoms with Crippen LogP contribution >= 0.6 is 15.9 Å². The van der Waals surface area contributed by atoms with Gasteiger partial charge in [-0.05, 0) is 34.0 Å². The fraction of sp³-hybridized carbons (Fsp3) is 0.400. The highest BCUT2D eigenvalue weighted by Gasteiger charge is 2.33. The summed E-state index contributed by atoms with van der Waals surface area (Å²) in [5, 5.41) is 3.06. The third kappa shape index (κ3) is 4.41. The number of nitrogens with zero attached hydrogens (tertiary/aromatic N) is 4. The first-order valence-corrected chi connectivity index (χ1v) is 8.17. The van der Waals surface area contributed by atoms with Crippen molar-refractivity contribution in [1.29, 1.82) is 0 Å². The first-order valence-electron chi connectivity index (χ1n) is 7.38. The second-order valence-electron chi connectivity index (χ2n) is 5.66. The van der Waals surface area contributed by atoms with Crippen LogP contribution in [0.1, 0.15) is 17.7 Å². The first-order chi connectivity index (χ1) is 11.4. The van der Waals surface area contributed by atoms with Crippen LogP contribution in [-0.2, 0) is 12.7 Å². The van der Waals surface area contributed by atoms with Crippen LogP contribution in [0, 0.1) is 0 Å². The highest BCUT2D eigenvalue weighted by atomic mass is 79.9. The van der Waals surface area contributed by atoms with Gasteiger partial charge in [-0.25, -0.2) is 9.97 Å². The van der Waals surface area contributed by atoms with Crippen LogP contribution < -0.4 is 5.32 Å². The van der Waals surface area contributed by atoms with E-state index in [4.69, 9.17) is 0 Å². The van der Waals surface area contributed by atoms with E-state index in [1.54, 1.807) is 6.20 Å². The summed E-state index contributed by atoms with van der Waals surface area (Å²) in [6.45, 7) is 2.35. The van der Waals surface area contributed by atoms with E-state index in [9.17, 15) is 13.2 Å². The zero-order valence-corrected chi connectivity index (χ0v) is 14.2. The van der Waals surface area contributed by atoms with Crippen molar-refractivity contribution in [2.24, 2.45) is 0 Å². The maximum Gasteiger partial charge on any atom is 0.433 e. The molecule has 1 saturated heterocycles. The molecule has 2 aromatic rings. The molecule has 0 spiro atoms. The van der Waals surface area contributed by atoms with E-state index < -0.39 is 11.9 Å². The monoisotopic (exact) mass is 401 g/mol. The molecule has 3 heterocycles. The van der Waals surface area contributed by atoms with Gasteiger partial charge in [0.2, 0.25) is 0 Å². The largest absolute Gasteiger partial charge is 0.433 e. The van der Waals surface area contributed by atoms with E-state index in [2.05, 4.69) is 41.1 Å². The van der Waals surface area contributed by atoms with Crippen LogP contribution in [0.4, 0.5) is 19.0 Å². The molecule has 0 aromatic carbocycles. The molecule has 24 heavy (non-hydrogen) atoms. The van der Waals surface area contributed by atoms with Crippen LogP contribution in [-0.4, -0.2) is 39.0 Å². The highest BCUT2D eigenvalue weighted by Crippen LogP contribution is 2.28. The van der Waals surface area contributed by atoms with Crippen molar-refractivity contribution in [3.05, 3.63) is 46.6 Å². The summed E-state index contributed by atoms with van der Waals surface area (Å²) >= 11 is 3.39. The first kappa shape index (κ1) is 17.1. The lowest BCUT2D eigenvalue weighted by molar-refractivity contribution is -0.141. The lowest BCUT2D eigenvalue weighted by Crippen LogP contribution is -2.26. The second kappa shape index (κ2) is 7.02. The van der Waals surface area contributed by atoms with Gasteiger partial charge in [0.25, 0.3) is 0 Å². The average Bonchev–Trinajstić information content (AvgIpc) is 2.94. The van der Waals surface area contributed by atoms with E-state index in [1.165, 1.54) is 0 Å². The van der Waals surface area contributed by atoms with Gasteiger partial charge in [-0.1, -0.05) is 0 Å². The third-order valence-corrected chi connectivity index (χ3v) is 4.18. The van der Waals surface area contributed by atoms with E-state index in [-0.39, 0.29) is 11.9 Å². The van der Waals surface area contributed by atoms with Gasteiger partial charge in [0.1, 0.15) is 17.8 Å². The van der Waals surface area contributed by atoms with Crippen molar-refractivity contribution in [1.82, 2.24) is 19.9 Å². The lowest BCUT2D eigenvalue weighted by Gasteiger charge is -2.17. The summed E-state index contributed by atoms with van der Waals surface area (Å²) in [6.07, 6.45) is 0.851. The van der Waals surface area contributed by atoms with Gasteiger partial charge in [0.15, 0.2) is 0 Å². The van der Waals surface area contributed by atoms with E-state index in [0.29, 0.717) is 0 Å². The molecule has 1 fully saturated rings. The molecule has 9 heteroatoms. The molecule has 1 unspecified atom stereocenters. The summed E-state index contributed by atoms with van der Waals surface area (Å²) in [4.78, 5) is 13.5. The molecule has 2 aromatic heterocycles. The zero-order chi connectivity index (χ0) is 17.2. The molecule has 0 amide bonds. The number of pyridine rings is 1. The van der Waals surface area contributed by atoms with Gasteiger partial charge in [-0.2, -0.15) is 13.2 Å². The van der Waals surface area contributed by atoms with Gasteiger partial charge in [-0.3, -0.25) is 9.88 Å². The minimum absolute atomic E-state index is 0.0566. The fourth-order valence-electron chi connectivity index (χ4n) is 2.70. The van der Waals surface area contributed by atoms with Crippen molar-refractivity contribution >= 4 is 21.7 Å². The van der Waals surface area contributed by atoms with Crippen LogP contribution in [0.2, 0.25) is 0 Å². The molecule has 1 N–H and O–H groups in total. The van der Waals surface area contributed by atoms with Crippen molar-refractivity contribution < 1.29 is 13.2 Å². The molecule has 3 rings (SSSR count). The lowest BCUT2D eigenvalue weighted by atomic mass is 10.2. The summed E-state index contributed by atoms with van der Waals surface area (Å²) in [6, 6.07) is 3.01. The number of likely N-dealkylation sites (tertiary alicyclic amines) is 1. The predicted octanol–water partition coefficient (Wildman–Crippen LogP) is 3.34. The van der Waals surface area contributed by atoms with E-state index in [0.717, 1.165) is 48.5 Å². The molecule has 1 aliphatic rings. The van der Waals surface area contributed by atoms with Crippen LogP contribution in [0.15, 0.2) is 35.3 Å². The Labute approximate surface area is 145 Å². The number of aromatic nitrogens is 3. The maximum atomic E-state index is 12.7. The normalized spacial score (nSPS) is 18.8. The Balaban J connectivity index is 1.58. The Morgan fingerprint density at radius 1 is 1.25 bits per heavy atom. The fourth-order valence-corrected chi connectivity index (χ4v) is 3.11. The Morgan fingerprint density at radius 2 is 2.08 bits per heavy atom. The van der Waals surface area contributed by atoms with Gasteiger partial charge >= 0.3 is 6.18 Å². The molecule has 0 aliphatic carbocycles. The minimum Gasteiger partial charge on any atom is -0.366 e. The van der Waals surface area contributed by atoms with E-state index in [1.807, 2.05) is 12.3 Å². The number of anilines is 1. The molecule has 0 bridgehead atoms. The second-order valence-corrected chi connectivity index (χ2v) is 6.58. The predicted molar refractivity (Wildman–Crippen MR) is 86.3 cm³/mol. The summed E-state index contributed by atoms with van der Waals surface area (Å²) < 4.78 is 39.0. The zero-order valence-electron chi connectivity index (χ0n) is 12.6. The van der Waals surface area contributed by atoms with Crippen LogP contribution in [0.3, 0.4) is 0 Å². The van der Waals surface area contributed by atoms with Crippen LogP contribution in [0.25, 0.3) is 0 Å². The van der Waals surface area contributed by atoms with Gasteiger partial charge < -0.3 is 5.32 Å². The Hall–Kier alpha value is -1.74. The average molecular weight is 402 g/mol. The SMILES string of the molecule is FC(F)(F)c1cc(NC2CCN(Cc3cncc(Br)c3)C2)ncn1. The molecule has 1 atom stereocenters. The Morgan fingerprint density at radius 3 is 2.83 bits per heavy atom. The van der Waals surface area contributed by atoms with Gasteiger partial charge in [0.05, 0.1) is 0 Å². The number of alkyl halides is 3. The molecule has 5 nitrogen and oxygen atoms in total. The van der Waals surface area contributed by atoms with E-state index >= 15 is 0 Å². The van der Waals surface area contributed by atoms with Gasteiger partial charge in [0, 0.05) is 48.6 Å². The minimum atomic E-state index is -4.46. The molecule has 0 radical (unpaired) electrons. The van der Waals surface area contributed by atoms with Crippen LogP contribution in [0.5, 0.6) is 0 Å². The van der Waals surface area contributed by atoms with Crippen molar-refractivity contribution in [3.63, 3.8) is 0 Å². The Kier molecular flexibility index (Phi) is 5.00. The number of nitrogens with one attached hydrogen (secondary N) is 1. The van der Waals surface area contributed by atoms with Crippen molar-refractivity contribution in [2.75, 3.05) is 18.4 Å². The number of rotatable bonds is 4. The maximum absolute atomic E-state index is 12.7. The smallest absolute Gasteiger partial charge is 0.366 e. The number of hydrogen-bond acceptors (Lipinski definition) is 5. The Bertz CT molecular complexity index is 710. The summed E-state index contributed by atoms with van der Waals surface area (Å²) in [7, 11) is 0. The summed E-state index contributed by atoms with van der Waals surface area (Å²) in [5.74, 6) is 0.202. The van der Waals surface area contributed by atoms with Crippen molar-refractivity contribution in [3.8, 4) is 0 Å².